The number of unbranched alkanes of at least 4 members (excludes halogenated alkanes) is 2. The second kappa shape index (κ2) is 12.9. The third-order valence-electron chi connectivity index (χ3n) is 5.23. The second-order valence-corrected chi connectivity index (χ2v) is 7.76. The van der Waals surface area contributed by atoms with Crippen molar-refractivity contribution in [3.05, 3.63) is 72.4 Å². The Morgan fingerprint density at radius 1 is 0.941 bits per heavy atom. The highest BCUT2D eigenvalue weighted by Crippen LogP contribution is 2.21. The van der Waals surface area contributed by atoms with Crippen LogP contribution in [0.1, 0.15) is 37.7 Å². The van der Waals surface area contributed by atoms with Crippen molar-refractivity contribution in [3.8, 4) is 0 Å². The number of aromatic nitrogens is 1. The van der Waals surface area contributed by atoms with E-state index in [1.807, 2.05) is 54.6 Å². The van der Waals surface area contributed by atoms with E-state index in [1.54, 1.807) is 17.7 Å². The van der Waals surface area contributed by atoms with Crippen molar-refractivity contribution in [2.75, 3.05) is 5.32 Å². The highest BCUT2D eigenvalue weighted by Gasteiger charge is 2.22. The summed E-state index contributed by atoms with van der Waals surface area (Å²) >= 11 is 0. The molecule has 2 aromatic carbocycles. The average Bonchev–Trinajstić information content (AvgIpc) is 2.87. The predicted molar refractivity (Wildman–Crippen MR) is 127 cm³/mol. The third-order valence-corrected chi connectivity index (χ3v) is 5.23. The largest absolute Gasteiger partial charge is 0.445 e. The first-order valence-electron chi connectivity index (χ1n) is 11.1. The number of hydrogen-bond acceptors (Lipinski definition) is 6. The lowest BCUT2D eigenvalue weighted by Crippen LogP contribution is -2.44. The first-order valence-corrected chi connectivity index (χ1v) is 11.1. The molecule has 0 aliphatic carbocycles. The van der Waals surface area contributed by atoms with E-state index in [9.17, 15) is 14.4 Å². The molecule has 9 nitrogen and oxygen atoms in total. The van der Waals surface area contributed by atoms with Crippen LogP contribution >= 0.6 is 0 Å². The Morgan fingerprint density at radius 2 is 1.74 bits per heavy atom. The minimum atomic E-state index is -0.839. The van der Waals surface area contributed by atoms with Gasteiger partial charge < -0.3 is 15.4 Å². The van der Waals surface area contributed by atoms with E-state index < -0.39 is 18.0 Å². The molecular formula is C25H28N4O5. The zero-order valence-corrected chi connectivity index (χ0v) is 18.7. The van der Waals surface area contributed by atoms with Crippen molar-refractivity contribution < 1.29 is 24.3 Å². The number of nitrogens with zero attached hydrogens (tertiary/aromatic N) is 1. The van der Waals surface area contributed by atoms with Crippen molar-refractivity contribution in [1.82, 2.24) is 15.8 Å². The van der Waals surface area contributed by atoms with E-state index in [0.717, 1.165) is 10.9 Å². The van der Waals surface area contributed by atoms with Crippen molar-refractivity contribution in [2.24, 2.45) is 0 Å². The average molecular weight is 465 g/mol. The number of fused-ring (bicyclic) bond motifs is 1. The molecule has 3 rings (SSSR count). The molecule has 0 saturated carbocycles. The fourth-order valence-corrected chi connectivity index (χ4v) is 3.47. The Balaban J connectivity index is 1.62. The summed E-state index contributed by atoms with van der Waals surface area (Å²) in [6.45, 7) is 0.0878. The van der Waals surface area contributed by atoms with Gasteiger partial charge in [0.2, 0.25) is 11.8 Å². The molecule has 0 unspecified atom stereocenters. The lowest BCUT2D eigenvalue weighted by Gasteiger charge is -2.19. The van der Waals surface area contributed by atoms with E-state index in [-0.39, 0.29) is 18.9 Å². The number of carbonyl (C=O) groups is 3. The Bertz CT molecular complexity index is 1100. The molecule has 1 atom stereocenters. The van der Waals surface area contributed by atoms with Gasteiger partial charge in [-0.15, -0.1) is 0 Å². The van der Waals surface area contributed by atoms with Gasteiger partial charge in [0.25, 0.3) is 0 Å². The number of alkyl carbamates (subject to hydrolysis) is 1. The number of carbonyl (C=O) groups excluding carboxylic acids is 3. The number of hydroxylamine groups is 1. The minimum absolute atomic E-state index is 0.0878. The van der Waals surface area contributed by atoms with Crippen LogP contribution in [0.5, 0.6) is 0 Å². The molecule has 9 heteroatoms. The Labute approximate surface area is 197 Å². The maximum Gasteiger partial charge on any atom is 0.408 e. The highest BCUT2D eigenvalue weighted by atomic mass is 16.5. The van der Waals surface area contributed by atoms with Crippen LogP contribution in [0.2, 0.25) is 0 Å². The van der Waals surface area contributed by atoms with Crippen molar-refractivity contribution in [1.29, 1.82) is 0 Å². The molecule has 1 heterocycles. The zero-order chi connectivity index (χ0) is 24.2. The molecule has 0 bridgehead atoms. The van der Waals surface area contributed by atoms with Gasteiger partial charge in [-0.25, -0.2) is 10.3 Å². The standard InChI is InChI=1S/C25H28N4O5/c30-22(29-33)15-6-2-5-13-21(28-25(32)34-17-18-9-3-1-4-10-18)24(31)27-20-14-7-11-19-12-8-16-26-23(19)20/h1,3-4,7-12,14,16,21,33H,2,5-6,13,15,17H2,(H,27,31)(H,28,32)(H,29,30)/t21-/m0/s1. The minimum Gasteiger partial charge on any atom is -0.445 e. The Morgan fingerprint density at radius 3 is 2.53 bits per heavy atom. The molecular weight excluding hydrogens is 436 g/mol. The summed E-state index contributed by atoms with van der Waals surface area (Å²) in [6, 6.07) is 17.6. The van der Waals surface area contributed by atoms with Gasteiger partial charge in [0.1, 0.15) is 12.6 Å². The lowest BCUT2D eigenvalue weighted by molar-refractivity contribution is -0.129. The van der Waals surface area contributed by atoms with Crippen molar-refractivity contribution in [3.63, 3.8) is 0 Å². The van der Waals surface area contributed by atoms with Crippen LogP contribution in [-0.4, -0.2) is 34.1 Å². The Hall–Kier alpha value is -3.98. The van der Waals surface area contributed by atoms with Gasteiger partial charge >= 0.3 is 6.09 Å². The molecule has 0 aliphatic rings. The topological polar surface area (TPSA) is 130 Å². The van der Waals surface area contributed by atoms with Gasteiger partial charge in [-0.3, -0.25) is 19.8 Å². The quantitative estimate of drug-likeness (QED) is 0.193. The molecule has 0 radical (unpaired) electrons. The number of amides is 3. The first kappa shape index (κ1) is 24.7. The van der Waals surface area contributed by atoms with Gasteiger partial charge in [0.15, 0.2) is 0 Å². The normalized spacial score (nSPS) is 11.4. The molecule has 0 saturated heterocycles. The lowest BCUT2D eigenvalue weighted by atomic mass is 10.1. The summed E-state index contributed by atoms with van der Waals surface area (Å²) in [5.74, 6) is -0.844. The number of pyridine rings is 1. The second-order valence-electron chi connectivity index (χ2n) is 7.76. The molecule has 0 aliphatic heterocycles. The number of benzene rings is 2. The van der Waals surface area contributed by atoms with E-state index in [1.165, 1.54) is 0 Å². The van der Waals surface area contributed by atoms with E-state index in [4.69, 9.17) is 9.94 Å². The van der Waals surface area contributed by atoms with Crippen LogP contribution in [0.25, 0.3) is 10.9 Å². The van der Waals surface area contributed by atoms with Crippen LogP contribution in [0.4, 0.5) is 10.5 Å². The summed E-state index contributed by atoms with van der Waals surface area (Å²) in [6.07, 6.45) is 3.27. The fraction of sp³-hybridized carbons (Fsp3) is 0.280. The summed E-state index contributed by atoms with van der Waals surface area (Å²) in [7, 11) is 0. The Kier molecular flexibility index (Phi) is 9.36. The molecule has 3 amide bonds. The smallest absolute Gasteiger partial charge is 0.408 e. The van der Waals surface area contributed by atoms with Crippen molar-refractivity contribution in [2.45, 2.75) is 44.8 Å². The van der Waals surface area contributed by atoms with E-state index >= 15 is 0 Å². The number of hydrogen-bond donors (Lipinski definition) is 4. The molecule has 0 spiro atoms. The molecule has 0 fully saturated rings. The number of anilines is 1. The van der Waals surface area contributed by atoms with Crippen LogP contribution in [0, 0.1) is 0 Å². The van der Waals surface area contributed by atoms with E-state index in [2.05, 4.69) is 15.6 Å². The number of nitrogens with one attached hydrogen (secondary N) is 3. The van der Waals surface area contributed by atoms with E-state index in [0.29, 0.717) is 36.9 Å². The number of rotatable bonds is 11. The monoisotopic (exact) mass is 464 g/mol. The maximum atomic E-state index is 13.1. The van der Waals surface area contributed by atoms with Crippen LogP contribution in [0.15, 0.2) is 66.9 Å². The van der Waals surface area contributed by atoms with Gasteiger partial charge in [-0.2, -0.15) is 0 Å². The number of ether oxygens (including phenoxy) is 1. The van der Waals surface area contributed by atoms with Crippen LogP contribution in [0.3, 0.4) is 0 Å². The van der Waals surface area contributed by atoms with Gasteiger partial charge in [0.05, 0.1) is 11.2 Å². The third kappa shape index (κ3) is 7.56. The summed E-state index contributed by atoms with van der Waals surface area (Å²) in [5.41, 5.74) is 3.63. The van der Waals surface area contributed by atoms with Gasteiger partial charge in [0, 0.05) is 18.0 Å². The predicted octanol–water partition coefficient (Wildman–Crippen LogP) is 3.92. The molecule has 34 heavy (non-hydrogen) atoms. The fourth-order valence-electron chi connectivity index (χ4n) is 3.47. The molecule has 178 valence electrons. The first-order chi connectivity index (χ1) is 16.6. The maximum absolute atomic E-state index is 13.1. The number of para-hydroxylation sites is 1. The van der Waals surface area contributed by atoms with Gasteiger partial charge in [-0.1, -0.05) is 61.4 Å². The van der Waals surface area contributed by atoms with Gasteiger partial charge in [-0.05, 0) is 30.5 Å². The summed E-state index contributed by atoms with van der Waals surface area (Å²) in [4.78, 5) is 41.0. The molecule has 4 N–H and O–H groups in total. The molecule has 3 aromatic rings. The van der Waals surface area contributed by atoms with Crippen molar-refractivity contribution >= 4 is 34.5 Å². The zero-order valence-electron chi connectivity index (χ0n) is 18.7. The molecule has 1 aromatic heterocycles. The SMILES string of the molecule is O=C(CCCCC[C@H](NC(=O)OCc1ccccc1)C(=O)Nc1cccc2cccnc12)NO. The summed E-state index contributed by atoms with van der Waals surface area (Å²) in [5, 5.41) is 15.0. The summed E-state index contributed by atoms with van der Waals surface area (Å²) < 4.78 is 5.28. The van der Waals surface area contributed by atoms with Crippen LogP contribution < -0.4 is 16.1 Å². The highest BCUT2D eigenvalue weighted by molar-refractivity contribution is 6.03. The van der Waals surface area contributed by atoms with Crippen LogP contribution in [-0.2, 0) is 20.9 Å².